The second-order valence-electron chi connectivity index (χ2n) is 5.53. The van der Waals surface area contributed by atoms with E-state index in [-0.39, 0.29) is 11.5 Å². The molecule has 0 saturated heterocycles. The zero-order valence-electron chi connectivity index (χ0n) is 10.5. The molecule has 2 nitrogen and oxygen atoms in total. The highest BCUT2D eigenvalue weighted by molar-refractivity contribution is 6.30. The van der Waals surface area contributed by atoms with Gasteiger partial charge in [0.25, 0.3) is 0 Å². The second kappa shape index (κ2) is 4.51. The van der Waals surface area contributed by atoms with Gasteiger partial charge in [-0.15, -0.1) is 0 Å². The molecule has 1 aromatic rings. The van der Waals surface area contributed by atoms with Crippen molar-refractivity contribution in [2.24, 2.45) is 11.3 Å². The summed E-state index contributed by atoms with van der Waals surface area (Å²) >= 11 is 5.97. The number of benzene rings is 1. The van der Waals surface area contributed by atoms with Crippen molar-refractivity contribution in [1.29, 1.82) is 0 Å². The maximum Gasteiger partial charge on any atom is 0.122 e. The molecule has 2 rings (SSSR count). The van der Waals surface area contributed by atoms with Gasteiger partial charge in [0, 0.05) is 11.4 Å². The third-order valence-corrected chi connectivity index (χ3v) is 3.96. The Balaban J connectivity index is 2.10. The standard InChI is InChI=1S/C14H19ClO2/c1-14(2)8-11(14)12(16)7-9-6-10(15)4-5-13(9)17-3/h4-6,11-12,16H,7-8H2,1-3H3. The third kappa shape index (κ3) is 2.75. The van der Waals surface area contributed by atoms with Crippen LogP contribution in [0.5, 0.6) is 5.75 Å². The Morgan fingerprint density at radius 3 is 2.71 bits per heavy atom. The lowest BCUT2D eigenvalue weighted by Crippen LogP contribution is -2.16. The molecular weight excluding hydrogens is 236 g/mol. The van der Waals surface area contributed by atoms with Crippen LogP contribution in [0.15, 0.2) is 18.2 Å². The van der Waals surface area contributed by atoms with Crippen LogP contribution in [-0.2, 0) is 6.42 Å². The molecule has 3 heteroatoms. The zero-order valence-corrected chi connectivity index (χ0v) is 11.3. The summed E-state index contributed by atoms with van der Waals surface area (Å²) in [5, 5.41) is 10.9. The molecule has 0 spiro atoms. The van der Waals surface area contributed by atoms with E-state index >= 15 is 0 Å². The zero-order chi connectivity index (χ0) is 12.6. The van der Waals surface area contributed by atoms with Crippen LogP contribution in [0.4, 0.5) is 0 Å². The number of methoxy groups -OCH3 is 1. The van der Waals surface area contributed by atoms with Gasteiger partial charge in [0.1, 0.15) is 5.75 Å². The van der Waals surface area contributed by atoms with Crippen LogP contribution in [0.25, 0.3) is 0 Å². The summed E-state index contributed by atoms with van der Waals surface area (Å²) in [5.41, 5.74) is 1.26. The number of hydrogen-bond acceptors (Lipinski definition) is 2. The lowest BCUT2D eigenvalue weighted by Gasteiger charge is -2.15. The van der Waals surface area contributed by atoms with Gasteiger partial charge in [-0.05, 0) is 41.5 Å². The lowest BCUT2D eigenvalue weighted by molar-refractivity contribution is 0.136. The van der Waals surface area contributed by atoms with E-state index in [1.165, 1.54) is 0 Å². The molecule has 17 heavy (non-hydrogen) atoms. The molecule has 1 aromatic carbocycles. The molecule has 1 saturated carbocycles. The summed E-state index contributed by atoms with van der Waals surface area (Å²) in [6, 6.07) is 5.53. The molecule has 1 aliphatic rings. The van der Waals surface area contributed by atoms with Crippen LogP contribution in [0.3, 0.4) is 0 Å². The van der Waals surface area contributed by atoms with Crippen molar-refractivity contribution >= 4 is 11.6 Å². The normalized spacial score (nSPS) is 23.2. The molecule has 2 unspecified atom stereocenters. The quantitative estimate of drug-likeness (QED) is 0.893. The van der Waals surface area contributed by atoms with E-state index in [0.717, 1.165) is 17.7 Å². The van der Waals surface area contributed by atoms with E-state index in [1.807, 2.05) is 12.1 Å². The molecule has 1 N–H and O–H groups in total. The average molecular weight is 255 g/mol. The first-order chi connectivity index (χ1) is 7.94. The molecule has 0 heterocycles. The van der Waals surface area contributed by atoms with E-state index in [0.29, 0.717) is 17.4 Å². The van der Waals surface area contributed by atoms with Crippen LogP contribution >= 0.6 is 11.6 Å². The number of halogens is 1. The Bertz CT molecular complexity index is 415. The van der Waals surface area contributed by atoms with Gasteiger partial charge < -0.3 is 9.84 Å². The minimum Gasteiger partial charge on any atom is -0.496 e. The van der Waals surface area contributed by atoms with Gasteiger partial charge in [0.2, 0.25) is 0 Å². The first-order valence-corrected chi connectivity index (χ1v) is 6.32. The molecule has 0 bridgehead atoms. The fraction of sp³-hybridized carbons (Fsp3) is 0.571. The van der Waals surface area contributed by atoms with Crippen LogP contribution in [-0.4, -0.2) is 18.3 Å². The average Bonchev–Trinajstić information content (AvgIpc) is 2.88. The van der Waals surface area contributed by atoms with E-state index in [4.69, 9.17) is 16.3 Å². The Hall–Kier alpha value is -0.730. The molecule has 2 atom stereocenters. The number of ether oxygens (including phenoxy) is 1. The van der Waals surface area contributed by atoms with Crippen LogP contribution in [0, 0.1) is 11.3 Å². The SMILES string of the molecule is COc1ccc(Cl)cc1CC(O)C1CC1(C)C. The van der Waals surface area contributed by atoms with Gasteiger partial charge in [-0.2, -0.15) is 0 Å². The Morgan fingerprint density at radius 2 is 2.18 bits per heavy atom. The second-order valence-corrected chi connectivity index (χ2v) is 5.96. The largest absolute Gasteiger partial charge is 0.496 e. The van der Waals surface area contributed by atoms with E-state index < -0.39 is 0 Å². The van der Waals surface area contributed by atoms with Gasteiger partial charge in [0.15, 0.2) is 0 Å². The first kappa shape index (κ1) is 12.7. The molecule has 1 fully saturated rings. The van der Waals surface area contributed by atoms with Crippen LogP contribution < -0.4 is 4.74 Å². The topological polar surface area (TPSA) is 29.5 Å². The monoisotopic (exact) mass is 254 g/mol. The predicted molar refractivity (Wildman–Crippen MR) is 69.6 cm³/mol. The maximum atomic E-state index is 10.2. The minimum absolute atomic E-state index is 0.283. The van der Waals surface area contributed by atoms with Crippen molar-refractivity contribution in [1.82, 2.24) is 0 Å². The first-order valence-electron chi connectivity index (χ1n) is 5.94. The highest BCUT2D eigenvalue weighted by Crippen LogP contribution is 2.54. The van der Waals surface area contributed by atoms with Gasteiger partial charge in [-0.3, -0.25) is 0 Å². The summed E-state index contributed by atoms with van der Waals surface area (Å²) in [4.78, 5) is 0. The highest BCUT2D eigenvalue weighted by atomic mass is 35.5. The maximum absolute atomic E-state index is 10.2. The molecule has 0 radical (unpaired) electrons. The fourth-order valence-electron chi connectivity index (χ4n) is 2.44. The lowest BCUT2D eigenvalue weighted by atomic mass is 9.99. The smallest absolute Gasteiger partial charge is 0.122 e. The van der Waals surface area contributed by atoms with Crippen molar-refractivity contribution in [2.75, 3.05) is 7.11 Å². The molecule has 94 valence electrons. The molecular formula is C14H19ClO2. The summed E-state index contributed by atoms with van der Waals surface area (Å²) in [7, 11) is 1.64. The van der Waals surface area contributed by atoms with Gasteiger partial charge in [0.05, 0.1) is 13.2 Å². The van der Waals surface area contributed by atoms with Gasteiger partial charge in [-0.1, -0.05) is 25.4 Å². The van der Waals surface area contributed by atoms with Crippen molar-refractivity contribution < 1.29 is 9.84 Å². The molecule has 0 aromatic heterocycles. The van der Waals surface area contributed by atoms with E-state index in [9.17, 15) is 5.11 Å². The molecule has 0 aliphatic heterocycles. The number of rotatable bonds is 4. The predicted octanol–water partition coefficient (Wildman–Crippen LogP) is 3.30. The van der Waals surface area contributed by atoms with Crippen LogP contribution in [0.1, 0.15) is 25.8 Å². The summed E-state index contributed by atoms with van der Waals surface area (Å²) in [6.45, 7) is 4.38. The van der Waals surface area contributed by atoms with E-state index in [1.54, 1.807) is 13.2 Å². The number of aliphatic hydroxyl groups excluding tert-OH is 1. The van der Waals surface area contributed by atoms with Crippen LogP contribution in [0.2, 0.25) is 5.02 Å². The van der Waals surface area contributed by atoms with Crippen molar-refractivity contribution in [3.05, 3.63) is 28.8 Å². The highest BCUT2D eigenvalue weighted by Gasteiger charge is 2.49. The van der Waals surface area contributed by atoms with Gasteiger partial charge >= 0.3 is 0 Å². The number of hydrogen-bond donors (Lipinski definition) is 1. The van der Waals surface area contributed by atoms with Crippen molar-refractivity contribution in [3.63, 3.8) is 0 Å². The summed E-state index contributed by atoms with van der Waals surface area (Å²) < 4.78 is 5.28. The summed E-state index contributed by atoms with van der Waals surface area (Å²) in [5.74, 6) is 1.19. The van der Waals surface area contributed by atoms with Crippen molar-refractivity contribution in [2.45, 2.75) is 32.8 Å². The molecule has 0 amide bonds. The Labute approximate surface area is 108 Å². The summed E-state index contributed by atoms with van der Waals surface area (Å²) in [6.07, 6.45) is 1.40. The third-order valence-electron chi connectivity index (χ3n) is 3.73. The fourth-order valence-corrected chi connectivity index (χ4v) is 2.63. The molecule has 1 aliphatic carbocycles. The number of aliphatic hydroxyl groups is 1. The Morgan fingerprint density at radius 1 is 1.53 bits per heavy atom. The Kier molecular flexibility index (Phi) is 3.37. The van der Waals surface area contributed by atoms with Gasteiger partial charge in [-0.25, -0.2) is 0 Å². The minimum atomic E-state index is -0.308. The van der Waals surface area contributed by atoms with E-state index in [2.05, 4.69) is 13.8 Å². The van der Waals surface area contributed by atoms with Crippen molar-refractivity contribution in [3.8, 4) is 5.75 Å².